The van der Waals surface area contributed by atoms with Gasteiger partial charge in [0, 0.05) is 12.0 Å². The van der Waals surface area contributed by atoms with Gasteiger partial charge in [-0.25, -0.2) is 14.4 Å². The van der Waals surface area contributed by atoms with E-state index in [1.165, 1.54) is 7.11 Å². The number of carbonyl (C=O) groups excluding carboxylic acids is 3. The van der Waals surface area contributed by atoms with E-state index in [4.69, 9.17) is 14.2 Å². The van der Waals surface area contributed by atoms with Gasteiger partial charge in [-0.15, -0.1) is 0 Å². The molecule has 1 aromatic carbocycles. The summed E-state index contributed by atoms with van der Waals surface area (Å²) in [6, 6.07) is 6.39. The van der Waals surface area contributed by atoms with Crippen molar-refractivity contribution in [3.63, 3.8) is 0 Å². The second-order valence-corrected chi connectivity index (χ2v) is 9.35. The summed E-state index contributed by atoms with van der Waals surface area (Å²) in [5.41, 5.74) is 0.476. The number of amides is 2. The van der Waals surface area contributed by atoms with Crippen LogP contribution in [0.15, 0.2) is 30.3 Å². The maximum absolute atomic E-state index is 13.3. The summed E-state index contributed by atoms with van der Waals surface area (Å²) in [7, 11) is 1.23. The molecule has 0 radical (unpaired) electrons. The molecule has 0 saturated carbocycles. The highest BCUT2D eigenvalue weighted by Crippen LogP contribution is 2.33. The van der Waals surface area contributed by atoms with E-state index in [-0.39, 0.29) is 6.42 Å². The molecule has 2 amide bonds. The number of hydrazine groups is 1. The second-order valence-electron chi connectivity index (χ2n) is 9.35. The standard InChI is InChI=1S/C23H32N2O6/c1-15-9-11-16(12-10-15)17-13-14-18(19(26)29-8)25(21(28)31-23(5,6)7)24(17)20(27)30-22(2,3)4/h9-13,18H,14H2,1-8H3/t18-/m1/s1. The predicted molar refractivity (Wildman–Crippen MR) is 116 cm³/mol. The van der Waals surface area contributed by atoms with Crippen molar-refractivity contribution in [2.24, 2.45) is 0 Å². The van der Waals surface area contributed by atoms with Crippen LogP contribution in [0.3, 0.4) is 0 Å². The first kappa shape index (κ1) is 24.2. The van der Waals surface area contributed by atoms with E-state index in [9.17, 15) is 14.4 Å². The fourth-order valence-corrected chi connectivity index (χ4v) is 2.97. The number of rotatable bonds is 2. The lowest BCUT2D eigenvalue weighted by atomic mass is 10.0. The quantitative estimate of drug-likeness (QED) is 0.499. The van der Waals surface area contributed by atoms with E-state index in [0.29, 0.717) is 11.3 Å². The molecule has 0 unspecified atom stereocenters. The number of methoxy groups -OCH3 is 1. The second kappa shape index (κ2) is 8.99. The van der Waals surface area contributed by atoms with Crippen molar-refractivity contribution in [1.29, 1.82) is 0 Å². The molecule has 0 aliphatic carbocycles. The highest BCUT2D eigenvalue weighted by molar-refractivity contribution is 5.90. The Morgan fingerprint density at radius 3 is 1.90 bits per heavy atom. The molecule has 1 aliphatic heterocycles. The number of esters is 1. The maximum Gasteiger partial charge on any atom is 0.434 e. The summed E-state index contributed by atoms with van der Waals surface area (Å²) >= 11 is 0. The van der Waals surface area contributed by atoms with Crippen molar-refractivity contribution in [3.8, 4) is 0 Å². The predicted octanol–water partition coefficient (Wildman–Crippen LogP) is 4.67. The van der Waals surface area contributed by atoms with Crippen LogP contribution in [0, 0.1) is 6.92 Å². The smallest absolute Gasteiger partial charge is 0.434 e. The van der Waals surface area contributed by atoms with Gasteiger partial charge in [0.1, 0.15) is 11.2 Å². The largest absolute Gasteiger partial charge is 0.467 e. The molecule has 0 fully saturated rings. The molecule has 0 N–H and O–H groups in total. The molecule has 2 rings (SSSR count). The Hall–Kier alpha value is -3.03. The maximum atomic E-state index is 13.3. The third-order valence-corrected chi connectivity index (χ3v) is 4.24. The van der Waals surface area contributed by atoms with Gasteiger partial charge in [0.05, 0.1) is 12.8 Å². The summed E-state index contributed by atoms with van der Waals surface area (Å²) in [6.07, 6.45) is 0.205. The van der Waals surface area contributed by atoms with Crippen molar-refractivity contribution < 1.29 is 28.6 Å². The molecule has 8 nitrogen and oxygen atoms in total. The Labute approximate surface area is 183 Å². The molecule has 1 aromatic rings. The zero-order chi connectivity index (χ0) is 23.6. The van der Waals surface area contributed by atoms with Crippen molar-refractivity contribution in [3.05, 3.63) is 41.5 Å². The monoisotopic (exact) mass is 432 g/mol. The van der Waals surface area contributed by atoms with Crippen molar-refractivity contribution in [2.75, 3.05) is 7.11 Å². The van der Waals surface area contributed by atoms with E-state index in [0.717, 1.165) is 15.6 Å². The zero-order valence-electron chi connectivity index (χ0n) is 19.5. The fourth-order valence-electron chi connectivity index (χ4n) is 2.97. The molecule has 0 aromatic heterocycles. The van der Waals surface area contributed by atoms with Crippen molar-refractivity contribution in [2.45, 2.75) is 72.1 Å². The van der Waals surface area contributed by atoms with Gasteiger partial charge in [0.2, 0.25) is 0 Å². The summed E-state index contributed by atoms with van der Waals surface area (Å²) in [6.45, 7) is 12.2. The number of carbonyl (C=O) groups is 3. The first-order valence-electron chi connectivity index (χ1n) is 10.1. The fraction of sp³-hybridized carbons (Fsp3) is 0.522. The van der Waals surface area contributed by atoms with Crippen LogP contribution in [0.4, 0.5) is 9.59 Å². The SMILES string of the molecule is COC(=O)[C@H]1CC=C(c2ccc(C)cc2)N(C(=O)OC(C)(C)C)N1C(=O)OC(C)(C)C. The Morgan fingerprint density at radius 1 is 0.903 bits per heavy atom. The van der Waals surface area contributed by atoms with Crippen LogP contribution in [-0.2, 0) is 19.0 Å². The highest BCUT2D eigenvalue weighted by Gasteiger charge is 2.45. The molecular formula is C23H32N2O6. The summed E-state index contributed by atoms with van der Waals surface area (Å²) < 4.78 is 16.0. The third-order valence-electron chi connectivity index (χ3n) is 4.24. The van der Waals surface area contributed by atoms with E-state index in [2.05, 4.69) is 0 Å². The Balaban J connectivity index is 2.63. The van der Waals surface area contributed by atoms with E-state index >= 15 is 0 Å². The van der Waals surface area contributed by atoms with Gasteiger partial charge in [0.25, 0.3) is 0 Å². The number of hydrogen-bond donors (Lipinski definition) is 0. The van der Waals surface area contributed by atoms with Gasteiger partial charge in [-0.3, -0.25) is 0 Å². The van der Waals surface area contributed by atoms with Gasteiger partial charge < -0.3 is 14.2 Å². The molecule has 0 bridgehead atoms. The minimum Gasteiger partial charge on any atom is -0.467 e. The van der Waals surface area contributed by atoms with Crippen LogP contribution in [-0.4, -0.2) is 52.5 Å². The van der Waals surface area contributed by atoms with Gasteiger partial charge >= 0.3 is 18.2 Å². The lowest BCUT2D eigenvalue weighted by molar-refractivity contribution is -0.152. The third kappa shape index (κ3) is 6.23. The van der Waals surface area contributed by atoms with Crippen LogP contribution in [0.25, 0.3) is 5.70 Å². The summed E-state index contributed by atoms with van der Waals surface area (Å²) in [5, 5.41) is 2.05. The topological polar surface area (TPSA) is 85.4 Å². The van der Waals surface area contributed by atoms with E-state index in [1.54, 1.807) is 47.6 Å². The lowest BCUT2D eigenvalue weighted by Crippen LogP contribution is -2.59. The van der Waals surface area contributed by atoms with E-state index < -0.39 is 35.4 Å². The number of nitrogens with zero attached hydrogens (tertiary/aromatic N) is 2. The Kier molecular flexibility index (Phi) is 7.03. The van der Waals surface area contributed by atoms with Crippen LogP contribution in [0.1, 0.15) is 59.1 Å². The highest BCUT2D eigenvalue weighted by atomic mass is 16.6. The molecule has 1 heterocycles. The summed E-state index contributed by atoms with van der Waals surface area (Å²) in [5.74, 6) is -0.668. The van der Waals surface area contributed by atoms with E-state index in [1.807, 2.05) is 31.2 Å². The molecule has 8 heteroatoms. The minimum absolute atomic E-state index is 0.147. The number of aryl methyl sites for hydroxylation is 1. The average molecular weight is 433 g/mol. The van der Waals surface area contributed by atoms with Crippen LogP contribution >= 0.6 is 0 Å². The molecule has 1 aliphatic rings. The average Bonchev–Trinajstić information content (AvgIpc) is 2.64. The molecular weight excluding hydrogens is 400 g/mol. The molecule has 1 atom stereocenters. The van der Waals surface area contributed by atoms with Gasteiger partial charge in [-0.2, -0.15) is 10.0 Å². The molecule has 0 saturated heterocycles. The number of benzene rings is 1. The van der Waals surface area contributed by atoms with Gasteiger partial charge in [-0.05, 0) is 48.5 Å². The Morgan fingerprint density at radius 2 is 1.42 bits per heavy atom. The van der Waals surface area contributed by atoms with Crippen molar-refractivity contribution in [1.82, 2.24) is 10.0 Å². The molecule has 31 heavy (non-hydrogen) atoms. The van der Waals surface area contributed by atoms with Crippen molar-refractivity contribution >= 4 is 23.9 Å². The Bertz CT molecular complexity index is 862. The lowest BCUT2D eigenvalue weighted by Gasteiger charge is -2.42. The van der Waals surface area contributed by atoms with Crippen LogP contribution < -0.4 is 0 Å². The van der Waals surface area contributed by atoms with Gasteiger partial charge in [-0.1, -0.05) is 35.9 Å². The van der Waals surface area contributed by atoms with Gasteiger partial charge in [0.15, 0.2) is 6.04 Å². The first-order chi connectivity index (χ1) is 14.2. The molecule has 0 spiro atoms. The number of hydrogen-bond acceptors (Lipinski definition) is 6. The van der Waals surface area contributed by atoms with Crippen LogP contribution in [0.2, 0.25) is 0 Å². The molecule has 170 valence electrons. The normalized spacial score (nSPS) is 17.0. The van der Waals surface area contributed by atoms with Crippen LogP contribution in [0.5, 0.6) is 0 Å². The zero-order valence-corrected chi connectivity index (χ0v) is 19.5. The summed E-state index contributed by atoms with van der Waals surface area (Å²) in [4.78, 5) is 38.9. The number of ether oxygens (including phenoxy) is 3. The minimum atomic E-state index is -1.08. The first-order valence-corrected chi connectivity index (χ1v) is 10.1.